The van der Waals surface area contributed by atoms with Crippen molar-refractivity contribution in [1.82, 2.24) is 20.2 Å². The van der Waals surface area contributed by atoms with Gasteiger partial charge in [0, 0.05) is 48.8 Å². The van der Waals surface area contributed by atoms with E-state index in [1.807, 2.05) is 48.2 Å². The highest BCUT2D eigenvalue weighted by Crippen LogP contribution is 2.22. The fraction of sp³-hybridized carbons (Fsp3) is 0.318. The minimum absolute atomic E-state index is 0.00284. The van der Waals surface area contributed by atoms with Gasteiger partial charge in [-0.15, -0.1) is 0 Å². The van der Waals surface area contributed by atoms with Gasteiger partial charge in [0.25, 0.3) is 5.91 Å². The number of nitrogens with zero attached hydrogens (tertiary/aromatic N) is 2. The van der Waals surface area contributed by atoms with Crippen molar-refractivity contribution >= 4 is 22.7 Å². The number of aromatic nitrogens is 2. The van der Waals surface area contributed by atoms with Gasteiger partial charge in [0.15, 0.2) is 0 Å². The Morgan fingerprint density at radius 1 is 1.21 bits per heavy atom. The third-order valence-electron chi connectivity index (χ3n) is 5.35. The van der Waals surface area contributed by atoms with Crippen molar-refractivity contribution in [3.63, 3.8) is 0 Å². The molecule has 2 amide bonds. The molecule has 1 aliphatic heterocycles. The first-order chi connectivity index (χ1) is 13.6. The summed E-state index contributed by atoms with van der Waals surface area (Å²) in [6, 6.07) is 11.8. The van der Waals surface area contributed by atoms with Crippen LogP contribution in [0.25, 0.3) is 10.9 Å². The Balaban J connectivity index is 1.32. The third-order valence-corrected chi connectivity index (χ3v) is 5.35. The van der Waals surface area contributed by atoms with E-state index in [0.29, 0.717) is 38.2 Å². The summed E-state index contributed by atoms with van der Waals surface area (Å²) in [4.78, 5) is 34.4. The number of amides is 2. The zero-order valence-electron chi connectivity index (χ0n) is 15.9. The fourth-order valence-electron chi connectivity index (χ4n) is 3.71. The molecule has 144 valence electrons. The smallest absolute Gasteiger partial charge is 0.270 e. The number of likely N-dealkylation sites (tertiary alicyclic amines) is 1. The number of pyridine rings is 1. The molecular formula is C22H24N4O2. The molecule has 1 aromatic carbocycles. The average Bonchev–Trinajstić information content (AvgIpc) is 3.15. The molecule has 1 saturated heterocycles. The van der Waals surface area contributed by atoms with E-state index in [2.05, 4.69) is 15.3 Å². The van der Waals surface area contributed by atoms with E-state index in [1.54, 1.807) is 12.4 Å². The quantitative estimate of drug-likeness (QED) is 0.735. The summed E-state index contributed by atoms with van der Waals surface area (Å²) >= 11 is 0. The maximum absolute atomic E-state index is 12.8. The fourth-order valence-corrected chi connectivity index (χ4v) is 3.71. The molecule has 3 aromatic rings. The predicted octanol–water partition coefficient (Wildman–Crippen LogP) is 3.04. The molecule has 0 bridgehead atoms. The Morgan fingerprint density at radius 2 is 2.04 bits per heavy atom. The van der Waals surface area contributed by atoms with Crippen molar-refractivity contribution in [2.24, 2.45) is 5.92 Å². The van der Waals surface area contributed by atoms with Gasteiger partial charge in [-0.2, -0.15) is 0 Å². The Hall–Kier alpha value is -3.15. The van der Waals surface area contributed by atoms with Gasteiger partial charge in [-0.25, -0.2) is 0 Å². The molecule has 2 N–H and O–H groups in total. The van der Waals surface area contributed by atoms with Crippen molar-refractivity contribution < 1.29 is 9.59 Å². The first-order valence-corrected chi connectivity index (χ1v) is 9.65. The number of carbonyl (C=O) groups is 2. The SMILES string of the molecule is Cc1ccc2cc(C(=O)N3CCC(C(=O)NCc4cccnc4)CC3)[nH]c2c1. The summed E-state index contributed by atoms with van der Waals surface area (Å²) in [5.74, 6) is 0.00574. The number of nitrogens with one attached hydrogen (secondary N) is 2. The second-order valence-electron chi connectivity index (χ2n) is 7.42. The summed E-state index contributed by atoms with van der Waals surface area (Å²) in [6.07, 6.45) is 4.84. The highest BCUT2D eigenvalue weighted by molar-refractivity contribution is 5.98. The number of rotatable bonds is 4. The predicted molar refractivity (Wildman–Crippen MR) is 108 cm³/mol. The molecule has 0 unspecified atom stereocenters. The van der Waals surface area contributed by atoms with E-state index in [4.69, 9.17) is 0 Å². The number of fused-ring (bicyclic) bond motifs is 1. The molecular weight excluding hydrogens is 352 g/mol. The molecule has 1 fully saturated rings. The van der Waals surface area contributed by atoms with Crippen LogP contribution >= 0.6 is 0 Å². The number of H-pyrrole nitrogens is 1. The summed E-state index contributed by atoms with van der Waals surface area (Å²) in [5, 5.41) is 4.02. The molecule has 28 heavy (non-hydrogen) atoms. The van der Waals surface area contributed by atoms with Gasteiger partial charge in [0.1, 0.15) is 5.69 Å². The summed E-state index contributed by atoms with van der Waals surface area (Å²) in [7, 11) is 0. The van der Waals surface area contributed by atoms with Crippen LogP contribution in [0.3, 0.4) is 0 Å². The van der Waals surface area contributed by atoms with Crippen LogP contribution in [0, 0.1) is 12.8 Å². The van der Waals surface area contributed by atoms with Crippen molar-refractivity contribution in [3.8, 4) is 0 Å². The molecule has 0 spiro atoms. The minimum atomic E-state index is -0.0499. The second-order valence-corrected chi connectivity index (χ2v) is 7.42. The molecule has 4 rings (SSSR count). The highest BCUT2D eigenvalue weighted by Gasteiger charge is 2.28. The van der Waals surface area contributed by atoms with Gasteiger partial charge in [-0.3, -0.25) is 14.6 Å². The summed E-state index contributed by atoms with van der Waals surface area (Å²) < 4.78 is 0. The van der Waals surface area contributed by atoms with Gasteiger partial charge >= 0.3 is 0 Å². The van der Waals surface area contributed by atoms with Gasteiger partial charge in [0.2, 0.25) is 5.91 Å². The molecule has 6 heteroatoms. The summed E-state index contributed by atoms with van der Waals surface area (Å²) in [5.41, 5.74) is 3.73. The Morgan fingerprint density at radius 3 is 2.79 bits per heavy atom. The normalized spacial score (nSPS) is 15.0. The lowest BCUT2D eigenvalue weighted by atomic mass is 9.95. The lowest BCUT2D eigenvalue weighted by molar-refractivity contribution is -0.126. The van der Waals surface area contributed by atoms with E-state index < -0.39 is 0 Å². The van der Waals surface area contributed by atoms with E-state index >= 15 is 0 Å². The van der Waals surface area contributed by atoms with Crippen molar-refractivity contribution in [2.45, 2.75) is 26.3 Å². The average molecular weight is 376 g/mol. The highest BCUT2D eigenvalue weighted by atomic mass is 16.2. The maximum atomic E-state index is 12.8. The summed E-state index contributed by atoms with van der Waals surface area (Å²) in [6.45, 7) is 3.71. The van der Waals surface area contributed by atoms with Crippen molar-refractivity contribution in [2.75, 3.05) is 13.1 Å². The van der Waals surface area contributed by atoms with Gasteiger partial charge in [0.05, 0.1) is 0 Å². The van der Waals surface area contributed by atoms with Crippen LogP contribution in [0.15, 0.2) is 48.8 Å². The largest absolute Gasteiger partial charge is 0.352 e. The topological polar surface area (TPSA) is 78.1 Å². The van der Waals surface area contributed by atoms with Crippen molar-refractivity contribution in [3.05, 3.63) is 65.6 Å². The molecule has 3 heterocycles. The van der Waals surface area contributed by atoms with E-state index in [1.165, 1.54) is 0 Å². The van der Waals surface area contributed by atoms with Crippen LogP contribution in [0.2, 0.25) is 0 Å². The van der Waals surface area contributed by atoms with Crippen LogP contribution in [-0.2, 0) is 11.3 Å². The first-order valence-electron chi connectivity index (χ1n) is 9.65. The maximum Gasteiger partial charge on any atom is 0.270 e. The number of hydrogen-bond acceptors (Lipinski definition) is 3. The number of hydrogen-bond donors (Lipinski definition) is 2. The number of benzene rings is 1. The lowest BCUT2D eigenvalue weighted by Gasteiger charge is -2.31. The Bertz CT molecular complexity index is 988. The monoisotopic (exact) mass is 376 g/mol. The van der Waals surface area contributed by atoms with E-state index in [-0.39, 0.29) is 17.7 Å². The molecule has 2 aromatic heterocycles. The Labute approximate surface area is 164 Å². The van der Waals surface area contributed by atoms with Crippen LogP contribution in [-0.4, -0.2) is 39.8 Å². The first kappa shape index (κ1) is 18.2. The minimum Gasteiger partial charge on any atom is -0.352 e. The van der Waals surface area contributed by atoms with Gasteiger partial charge < -0.3 is 15.2 Å². The van der Waals surface area contributed by atoms with Crippen LogP contribution in [0.5, 0.6) is 0 Å². The Kier molecular flexibility index (Phi) is 5.10. The number of piperidine rings is 1. The van der Waals surface area contributed by atoms with Crippen LogP contribution in [0.1, 0.15) is 34.5 Å². The number of aromatic amines is 1. The number of aryl methyl sites for hydroxylation is 1. The van der Waals surface area contributed by atoms with E-state index in [9.17, 15) is 9.59 Å². The standard InChI is InChI=1S/C22H24N4O2/c1-15-4-5-18-12-20(25-19(18)11-15)22(28)26-9-6-17(7-10-26)21(27)24-14-16-3-2-8-23-13-16/h2-5,8,11-13,17,25H,6-7,9-10,14H2,1H3,(H,24,27). The molecule has 1 aliphatic rings. The molecule has 0 atom stereocenters. The van der Waals surface area contributed by atoms with Crippen LogP contribution < -0.4 is 5.32 Å². The molecule has 0 saturated carbocycles. The zero-order chi connectivity index (χ0) is 19.5. The van der Waals surface area contributed by atoms with Crippen LogP contribution in [0.4, 0.5) is 0 Å². The van der Waals surface area contributed by atoms with E-state index in [0.717, 1.165) is 22.0 Å². The van der Waals surface area contributed by atoms with Gasteiger partial charge in [-0.1, -0.05) is 18.2 Å². The number of carbonyl (C=O) groups excluding carboxylic acids is 2. The second kappa shape index (κ2) is 7.84. The molecule has 0 radical (unpaired) electrons. The third kappa shape index (κ3) is 3.91. The zero-order valence-corrected chi connectivity index (χ0v) is 15.9. The van der Waals surface area contributed by atoms with Gasteiger partial charge in [-0.05, 0) is 49.1 Å². The lowest BCUT2D eigenvalue weighted by Crippen LogP contribution is -2.43. The van der Waals surface area contributed by atoms with Crippen molar-refractivity contribution in [1.29, 1.82) is 0 Å². The molecule has 6 nitrogen and oxygen atoms in total. The molecule has 0 aliphatic carbocycles.